The number of aromatic nitrogens is 6. The van der Waals surface area contributed by atoms with Gasteiger partial charge in [-0.25, -0.2) is 9.07 Å². The van der Waals surface area contributed by atoms with Crippen molar-refractivity contribution in [3.05, 3.63) is 84.4 Å². The number of para-hydroxylation sites is 1. The topological polar surface area (TPSA) is 103 Å². The molecule has 3 aromatic heterocycles. The van der Waals surface area contributed by atoms with Crippen molar-refractivity contribution in [1.82, 2.24) is 35.0 Å². The normalized spacial score (nSPS) is 15.7. The maximum atomic E-state index is 14.7. The van der Waals surface area contributed by atoms with Crippen LogP contribution in [0.5, 0.6) is 0 Å². The zero-order valence-electron chi connectivity index (χ0n) is 20.7. The Morgan fingerprint density at radius 3 is 2.61 bits per heavy atom. The van der Waals surface area contributed by atoms with E-state index in [0.29, 0.717) is 17.2 Å². The molecule has 2 aromatic carbocycles. The maximum Gasteiger partial charge on any atom is 0.281 e. The summed E-state index contributed by atoms with van der Waals surface area (Å²) >= 11 is 0. The van der Waals surface area contributed by atoms with Crippen LogP contribution in [0, 0.1) is 5.82 Å². The Kier molecular flexibility index (Phi) is 6.30. The lowest BCUT2D eigenvalue weighted by molar-refractivity contribution is -0.121. The van der Waals surface area contributed by atoms with Gasteiger partial charge < -0.3 is 4.52 Å². The van der Waals surface area contributed by atoms with E-state index >= 15 is 0 Å². The number of likely N-dealkylation sites (tertiary alicyclic amines) is 1. The summed E-state index contributed by atoms with van der Waals surface area (Å²) in [6.07, 6.45) is 5.23. The summed E-state index contributed by atoms with van der Waals surface area (Å²) in [5.41, 5.74) is 3.70. The SMILES string of the molecule is CC(=O)[C@@H]1CCCN1Cc1ccc(-c2noc(-c3nnn(-c4ccccc4F)c3-c3ccncc3)n2)cc1. The van der Waals surface area contributed by atoms with Crippen molar-refractivity contribution >= 4 is 5.78 Å². The third kappa shape index (κ3) is 4.50. The number of Topliss-reactive ketones (excluding diaryl/α,β-unsaturated/α-hetero) is 1. The number of carbonyl (C=O) groups is 1. The van der Waals surface area contributed by atoms with Crippen LogP contribution >= 0.6 is 0 Å². The van der Waals surface area contributed by atoms with Crippen LogP contribution in [0.2, 0.25) is 0 Å². The number of rotatable bonds is 7. The highest BCUT2D eigenvalue weighted by Gasteiger charge is 2.28. The highest BCUT2D eigenvalue weighted by Crippen LogP contribution is 2.33. The van der Waals surface area contributed by atoms with Gasteiger partial charge in [0.05, 0.1) is 6.04 Å². The van der Waals surface area contributed by atoms with Crippen LogP contribution in [-0.4, -0.2) is 53.4 Å². The van der Waals surface area contributed by atoms with E-state index in [1.165, 1.54) is 10.7 Å². The molecule has 1 saturated heterocycles. The van der Waals surface area contributed by atoms with E-state index in [-0.39, 0.29) is 23.4 Å². The van der Waals surface area contributed by atoms with Gasteiger partial charge in [0.1, 0.15) is 23.0 Å². The lowest BCUT2D eigenvalue weighted by atomic mass is 10.1. The molecule has 0 amide bonds. The van der Waals surface area contributed by atoms with E-state index < -0.39 is 5.82 Å². The van der Waals surface area contributed by atoms with Gasteiger partial charge in [-0.2, -0.15) is 4.98 Å². The van der Waals surface area contributed by atoms with Crippen LogP contribution in [0.15, 0.2) is 77.6 Å². The molecule has 10 heteroatoms. The zero-order chi connectivity index (χ0) is 26.1. The average Bonchev–Trinajstić information content (AvgIpc) is 3.70. The number of benzene rings is 2. The van der Waals surface area contributed by atoms with Gasteiger partial charge >= 0.3 is 0 Å². The van der Waals surface area contributed by atoms with Gasteiger partial charge in [-0.3, -0.25) is 14.7 Å². The second kappa shape index (κ2) is 10.1. The molecule has 1 fully saturated rings. The Hall–Kier alpha value is -4.57. The number of pyridine rings is 1. The monoisotopic (exact) mass is 509 g/mol. The van der Waals surface area contributed by atoms with Crippen molar-refractivity contribution in [2.45, 2.75) is 32.4 Å². The first kappa shape index (κ1) is 23.8. The van der Waals surface area contributed by atoms with Gasteiger partial charge in [-0.05, 0) is 56.1 Å². The average molecular weight is 510 g/mol. The largest absolute Gasteiger partial charge is 0.332 e. The van der Waals surface area contributed by atoms with Gasteiger partial charge in [-0.15, -0.1) is 5.10 Å². The number of hydrogen-bond donors (Lipinski definition) is 0. The van der Waals surface area contributed by atoms with Crippen molar-refractivity contribution in [3.8, 4) is 39.9 Å². The van der Waals surface area contributed by atoms with Gasteiger partial charge in [0.25, 0.3) is 5.89 Å². The summed E-state index contributed by atoms with van der Waals surface area (Å²) in [5.74, 6) is 0.348. The molecule has 0 N–H and O–H groups in total. The van der Waals surface area contributed by atoms with Crippen molar-refractivity contribution < 1.29 is 13.7 Å². The first-order valence-electron chi connectivity index (χ1n) is 12.4. The number of halogens is 1. The lowest BCUT2D eigenvalue weighted by Crippen LogP contribution is -2.34. The predicted octanol–water partition coefficient (Wildman–Crippen LogP) is 4.74. The second-order valence-electron chi connectivity index (χ2n) is 9.24. The third-order valence-corrected chi connectivity index (χ3v) is 6.76. The minimum absolute atomic E-state index is 0.00168. The summed E-state index contributed by atoms with van der Waals surface area (Å²) in [6, 6.07) is 17.8. The molecule has 1 aliphatic heterocycles. The predicted molar refractivity (Wildman–Crippen MR) is 137 cm³/mol. The van der Waals surface area contributed by atoms with Gasteiger partial charge in [-0.1, -0.05) is 46.8 Å². The Bertz CT molecular complexity index is 1580. The van der Waals surface area contributed by atoms with Gasteiger partial charge in [0.15, 0.2) is 5.69 Å². The fourth-order valence-electron chi connectivity index (χ4n) is 4.89. The van der Waals surface area contributed by atoms with Crippen molar-refractivity contribution in [3.63, 3.8) is 0 Å². The van der Waals surface area contributed by atoms with Crippen LogP contribution in [0.1, 0.15) is 25.3 Å². The summed E-state index contributed by atoms with van der Waals surface area (Å²) in [7, 11) is 0. The van der Waals surface area contributed by atoms with E-state index in [4.69, 9.17) is 4.52 Å². The fourth-order valence-corrected chi connectivity index (χ4v) is 4.89. The minimum Gasteiger partial charge on any atom is -0.332 e. The number of ketones is 1. The highest BCUT2D eigenvalue weighted by atomic mass is 19.1. The molecule has 0 radical (unpaired) electrons. The minimum atomic E-state index is -0.436. The van der Waals surface area contributed by atoms with Gasteiger partial charge in [0.2, 0.25) is 5.82 Å². The summed E-state index contributed by atoms with van der Waals surface area (Å²) in [5, 5.41) is 12.6. The smallest absolute Gasteiger partial charge is 0.281 e. The molecule has 5 aromatic rings. The molecule has 0 spiro atoms. The van der Waals surface area contributed by atoms with Crippen LogP contribution < -0.4 is 0 Å². The third-order valence-electron chi connectivity index (χ3n) is 6.76. The zero-order valence-corrected chi connectivity index (χ0v) is 20.7. The molecule has 0 unspecified atom stereocenters. The maximum absolute atomic E-state index is 14.7. The van der Waals surface area contributed by atoms with Gasteiger partial charge in [0, 0.05) is 30.1 Å². The molecule has 38 heavy (non-hydrogen) atoms. The Balaban J connectivity index is 1.31. The van der Waals surface area contributed by atoms with Crippen LogP contribution in [0.4, 0.5) is 4.39 Å². The fraction of sp³-hybridized carbons (Fsp3) is 0.214. The summed E-state index contributed by atoms with van der Waals surface area (Å²) in [6.45, 7) is 3.30. The van der Waals surface area contributed by atoms with Crippen LogP contribution in [0.3, 0.4) is 0 Å². The Morgan fingerprint density at radius 2 is 1.84 bits per heavy atom. The second-order valence-corrected chi connectivity index (χ2v) is 9.24. The Labute approximate surface area is 217 Å². The molecule has 6 rings (SSSR count). The lowest BCUT2D eigenvalue weighted by Gasteiger charge is -2.22. The molecule has 0 aliphatic carbocycles. The molecule has 9 nitrogen and oxygen atoms in total. The summed E-state index contributed by atoms with van der Waals surface area (Å²) in [4.78, 5) is 22.8. The highest BCUT2D eigenvalue weighted by molar-refractivity contribution is 5.81. The van der Waals surface area contributed by atoms with E-state index in [1.54, 1.807) is 49.6 Å². The molecular formula is C28H24FN7O2. The van der Waals surface area contributed by atoms with Crippen molar-refractivity contribution in [1.29, 1.82) is 0 Å². The standard InChI is InChI=1S/C28H24FN7O2/c1-18(37)23-7-4-16-35(23)17-19-8-10-21(11-9-19)27-31-28(38-33-27)25-26(20-12-14-30-15-13-20)36(34-32-25)24-6-3-2-5-22(24)29/h2-3,5-6,8-15,23H,4,7,16-17H2,1H3/t23-/m0/s1. The molecular weight excluding hydrogens is 485 g/mol. The summed E-state index contributed by atoms with van der Waals surface area (Å²) < 4.78 is 21.7. The molecule has 0 bridgehead atoms. The van der Waals surface area contributed by atoms with E-state index in [1.807, 2.05) is 24.3 Å². The quantitative estimate of drug-likeness (QED) is 0.310. The van der Waals surface area contributed by atoms with Crippen molar-refractivity contribution in [2.75, 3.05) is 6.54 Å². The van der Waals surface area contributed by atoms with E-state index in [0.717, 1.165) is 42.6 Å². The first-order chi connectivity index (χ1) is 18.6. The van der Waals surface area contributed by atoms with Crippen LogP contribution in [-0.2, 0) is 11.3 Å². The number of carbonyl (C=O) groups excluding carboxylic acids is 1. The number of hydrogen-bond acceptors (Lipinski definition) is 8. The van der Waals surface area contributed by atoms with E-state index in [9.17, 15) is 9.18 Å². The molecule has 190 valence electrons. The molecule has 4 heterocycles. The number of nitrogens with zero attached hydrogens (tertiary/aromatic N) is 7. The molecule has 1 atom stereocenters. The first-order valence-corrected chi connectivity index (χ1v) is 12.4. The molecule has 1 aliphatic rings. The van der Waals surface area contributed by atoms with E-state index in [2.05, 4.69) is 30.3 Å². The Morgan fingerprint density at radius 1 is 1.05 bits per heavy atom. The van der Waals surface area contributed by atoms with Crippen LogP contribution in [0.25, 0.3) is 39.9 Å². The van der Waals surface area contributed by atoms with Crippen molar-refractivity contribution in [2.24, 2.45) is 0 Å². The molecule has 0 saturated carbocycles.